The van der Waals surface area contributed by atoms with Gasteiger partial charge < -0.3 is 15.1 Å². The fourth-order valence-corrected chi connectivity index (χ4v) is 6.00. The summed E-state index contributed by atoms with van der Waals surface area (Å²) in [6, 6.07) is 0.256. The molecule has 0 bridgehead atoms. The van der Waals surface area contributed by atoms with E-state index in [0.717, 1.165) is 56.0 Å². The monoisotopic (exact) mass is 425 g/mol. The zero-order valence-electron chi connectivity index (χ0n) is 18.9. The molecular formula is C24H35N5O2. The highest BCUT2D eigenvalue weighted by Gasteiger charge is 2.41. The lowest BCUT2D eigenvalue weighted by Crippen LogP contribution is -2.41. The first kappa shape index (κ1) is 20.7. The number of likely N-dealkylation sites (tertiary alicyclic amines) is 1. The second-order valence-corrected chi connectivity index (χ2v) is 10.8. The van der Waals surface area contributed by atoms with Crippen LogP contribution in [0, 0.1) is 11.3 Å². The topological polar surface area (TPSA) is 78.4 Å². The van der Waals surface area contributed by atoms with Crippen molar-refractivity contribution >= 4 is 17.8 Å². The Morgan fingerprint density at radius 1 is 1.16 bits per heavy atom. The molecule has 4 aliphatic rings. The Morgan fingerprint density at radius 2 is 1.90 bits per heavy atom. The van der Waals surface area contributed by atoms with Gasteiger partial charge in [-0.15, -0.1) is 0 Å². The van der Waals surface area contributed by atoms with Crippen molar-refractivity contribution in [2.24, 2.45) is 11.3 Å². The van der Waals surface area contributed by atoms with E-state index in [4.69, 9.17) is 4.98 Å². The van der Waals surface area contributed by atoms with Crippen molar-refractivity contribution in [3.8, 4) is 0 Å². The molecule has 2 aliphatic heterocycles. The maximum Gasteiger partial charge on any atom is 0.225 e. The molecule has 2 amide bonds. The van der Waals surface area contributed by atoms with E-state index in [1.165, 1.54) is 25.7 Å². The van der Waals surface area contributed by atoms with E-state index in [-0.39, 0.29) is 29.2 Å². The molecule has 1 saturated carbocycles. The summed E-state index contributed by atoms with van der Waals surface area (Å²) in [7, 11) is 0. The summed E-state index contributed by atoms with van der Waals surface area (Å²) in [5, 5.41) is 3.28. The van der Waals surface area contributed by atoms with E-state index in [0.29, 0.717) is 19.0 Å². The van der Waals surface area contributed by atoms with Gasteiger partial charge in [-0.1, -0.05) is 26.7 Å². The Hall–Kier alpha value is -2.18. The van der Waals surface area contributed by atoms with Crippen LogP contribution in [0.1, 0.15) is 82.5 Å². The smallest absolute Gasteiger partial charge is 0.225 e. The highest BCUT2D eigenvalue weighted by Crippen LogP contribution is 2.41. The van der Waals surface area contributed by atoms with Crippen molar-refractivity contribution in [3.05, 3.63) is 17.5 Å². The number of hydrogen-bond acceptors (Lipinski definition) is 5. The molecule has 0 radical (unpaired) electrons. The molecule has 5 rings (SSSR count). The molecule has 3 fully saturated rings. The first-order valence-electron chi connectivity index (χ1n) is 12.1. The van der Waals surface area contributed by atoms with E-state index < -0.39 is 0 Å². The van der Waals surface area contributed by atoms with Gasteiger partial charge in [-0.3, -0.25) is 9.59 Å². The maximum atomic E-state index is 13.2. The van der Waals surface area contributed by atoms with Gasteiger partial charge in [0.15, 0.2) is 0 Å². The zero-order chi connectivity index (χ0) is 21.6. The molecule has 168 valence electrons. The van der Waals surface area contributed by atoms with Crippen molar-refractivity contribution < 1.29 is 9.59 Å². The number of nitrogens with zero attached hydrogens (tertiary/aromatic N) is 4. The lowest BCUT2D eigenvalue weighted by molar-refractivity contribution is -0.130. The Balaban J connectivity index is 1.31. The lowest BCUT2D eigenvalue weighted by atomic mass is 9.74. The fraction of sp³-hybridized carbons (Fsp3) is 0.750. The van der Waals surface area contributed by atoms with Crippen molar-refractivity contribution in [2.75, 3.05) is 24.5 Å². The molecule has 7 heteroatoms. The molecule has 1 aromatic heterocycles. The first-order chi connectivity index (χ1) is 14.9. The Labute approximate surface area is 185 Å². The minimum Gasteiger partial charge on any atom is -0.349 e. The summed E-state index contributed by atoms with van der Waals surface area (Å²) < 4.78 is 0. The number of nitrogens with one attached hydrogen (secondary N) is 1. The number of anilines is 1. The van der Waals surface area contributed by atoms with E-state index in [1.54, 1.807) is 0 Å². The SMILES string of the molecule is CC1(C)Cc2nc(N3CCCC3)ncc2[C@@H](NC(=O)[C@H]2CC(=O)N(C3CCCC3)C2)C1. The van der Waals surface area contributed by atoms with Crippen molar-refractivity contribution in [1.29, 1.82) is 0 Å². The number of fused-ring (bicyclic) bond motifs is 1. The molecule has 31 heavy (non-hydrogen) atoms. The van der Waals surface area contributed by atoms with Gasteiger partial charge in [0.2, 0.25) is 17.8 Å². The Kier molecular flexibility index (Phi) is 5.39. The van der Waals surface area contributed by atoms with Gasteiger partial charge in [-0.2, -0.15) is 0 Å². The molecule has 2 aliphatic carbocycles. The molecule has 3 heterocycles. The van der Waals surface area contributed by atoms with Gasteiger partial charge in [0, 0.05) is 43.9 Å². The number of carbonyl (C=O) groups is 2. The van der Waals surface area contributed by atoms with E-state index in [2.05, 4.69) is 29.0 Å². The lowest BCUT2D eigenvalue weighted by Gasteiger charge is -2.37. The number of carbonyl (C=O) groups excluding carboxylic acids is 2. The van der Waals surface area contributed by atoms with Gasteiger partial charge in [0.05, 0.1) is 17.7 Å². The van der Waals surface area contributed by atoms with Gasteiger partial charge in [0.1, 0.15) is 0 Å². The van der Waals surface area contributed by atoms with Crippen molar-refractivity contribution in [3.63, 3.8) is 0 Å². The average Bonchev–Trinajstić information content (AvgIpc) is 3.48. The molecule has 2 saturated heterocycles. The fourth-order valence-electron chi connectivity index (χ4n) is 6.00. The third kappa shape index (κ3) is 4.15. The minimum atomic E-state index is -0.244. The Bertz CT molecular complexity index is 858. The highest BCUT2D eigenvalue weighted by atomic mass is 16.2. The van der Waals surface area contributed by atoms with E-state index >= 15 is 0 Å². The van der Waals surface area contributed by atoms with Crippen LogP contribution in [0.4, 0.5) is 5.95 Å². The van der Waals surface area contributed by atoms with Crippen LogP contribution in [-0.2, 0) is 16.0 Å². The third-order valence-electron chi connectivity index (χ3n) is 7.67. The summed E-state index contributed by atoms with van der Waals surface area (Å²) in [5.41, 5.74) is 2.17. The van der Waals surface area contributed by atoms with Crippen LogP contribution in [-0.4, -0.2) is 52.4 Å². The predicted octanol–water partition coefficient (Wildman–Crippen LogP) is 3.00. The molecule has 0 aromatic carbocycles. The second kappa shape index (κ2) is 8.06. The quantitative estimate of drug-likeness (QED) is 0.802. The van der Waals surface area contributed by atoms with E-state index in [1.807, 2.05) is 11.1 Å². The summed E-state index contributed by atoms with van der Waals surface area (Å²) >= 11 is 0. The summed E-state index contributed by atoms with van der Waals surface area (Å²) in [6.45, 7) is 7.11. The van der Waals surface area contributed by atoms with Crippen LogP contribution in [0.3, 0.4) is 0 Å². The van der Waals surface area contributed by atoms with Crippen molar-refractivity contribution in [2.45, 2.75) is 83.7 Å². The average molecular weight is 426 g/mol. The Morgan fingerprint density at radius 3 is 2.65 bits per heavy atom. The largest absolute Gasteiger partial charge is 0.349 e. The summed E-state index contributed by atoms with van der Waals surface area (Å²) in [6.07, 6.45) is 11.0. The number of hydrogen-bond donors (Lipinski definition) is 1. The van der Waals surface area contributed by atoms with Crippen LogP contribution in [0.5, 0.6) is 0 Å². The molecule has 1 aromatic rings. The number of rotatable bonds is 4. The normalized spacial score (nSPS) is 28.3. The first-order valence-corrected chi connectivity index (χ1v) is 12.1. The molecular weight excluding hydrogens is 390 g/mol. The molecule has 0 spiro atoms. The maximum absolute atomic E-state index is 13.2. The van der Waals surface area contributed by atoms with Crippen LogP contribution in [0.15, 0.2) is 6.20 Å². The molecule has 0 unspecified atom stereocenters. The third-order valence-corrected chi connectivity index (χ3v) is 7.67. The standard InChI is InChI=1S/C24H35N5O2/c1-24(2)12-19(18-14-25-23(27-20(18)13-24)28-9-5-6-10-28)26-22(31)16-11-21(30)29(15-16)17-7-3-4-8-17/h14,16-17,19H,3-13,15H2,1-2H3,(H,26,31)/t16-,19-/m0/s1. The second-order valence-electron chi connectivity index (χ2n) is 10.8. The minimum absolute atomic E-state index is 0.00566. The number of amides is 2. The highest BCUT2D eigenvalue weighted by molar-refractivity contribution is 5.89. The van der Waals surface area contributed by atoms with Crippen LogP contribution in [0.25, 0.3) is 0 Å². The number of aromatic nitrogens is 2. The van der Waals surface area contributed by atoms with E-state index in [9.17, 15) is 9.59 Å². The van der Waals surface area contributed by atoms with Crippen LogP contribution < -0.4 is 10.2 Å². The molecule has 7 nitrogen and oxygen atoms in total. The summed E-state index contributed by atoms with van der Waals surface area (Å²) in [5.74, 6) is 0.736. The zero-order valence-corrected chi connectivity index (χ0v) is 18.9. The molecule has 2 atom stereocenters. The van der Waals surface area contributed by atoms with Gasteiger partial charge in [0.25, 0.3) is 0 Å². The van der Waals surface area contributed by atoms with Crippen molar-refractivity contribution in [1.82, 2.24) is 20.2 Å². The van der Waals surface area contributed by atoms with Gasteiger partial charge in [-0.25, -0.2) is 9.97 Å². The van der Waals surface area contributed by atoms with Gasteiger partial charge in [-0.05, 0) is 43.9 Å². The molecule has 1 N–H and O–H groups in total. The van der Waals surface area contributed by atoms with Crippen LogP contribution in [0.2, 0.25) is 0 Å². The van der Waals surface area contributed by atoms with Crippen LogP contribution >= 0.6 is 0 Å². The van der Waals surface area contributed by atoms with Gasteiger partial charge >= 0.3 is 0 Å². The summed E-state index contributed by atoms with van der Waals surface area (Å²) in [4.78, 5) is 39.5. The predicted molar refractivity (Wildman–Crippen MR) is 119 cm³/mol.